The number of ether oxygens (including phenoxy) is 1. The lowest BCUT2D eigenvalue weighted by Crippen LogP contribution is -2.21. The molecule has 0 unspecified atom stereocenters. The van der Waals surface area contributed by atoms with Crippen molar-refractivity contribution in [3.05, 3.63) is 18.2 Å². The van der Waals surface area contributed by atoms with Crippen LogP contribution in [0.2, 0.25) is 0 Å². The number of nitrogens with two attached hydrogens (primary N) is 2. The van der Waals surface area contributed by atoms with Crippen LogP contribution in [0.4, 0.5) is 11.4 Å². The maximum Gasteiger partial charge on any atom is 0.143 e. The van der Waals surface area contributed by atoms with E-state index in [1.165, 1.54) is 0 Å². The third-order valence-electron chi connectivity index (χ3n) is 2.53. The van der Waals surface area contributed by atoms with Crippen molar-refractivity contribution in [1.82, 2.24) is 0 Å². The monoisotopic (exact) mass is 218 g/mol. The average molecular weight is 218 g/mol. The predicted molar refractivity (Wildman–Crippen MR) is 64.4 cm³/mol. The number of hydrogen-bond donors (Lipinski definition) is 4. The molecule has 2 rings (SSSR count). The second kappa shape index (κ2) is 3.84. The molecule has 0 amide bonds. The van der Waals surface area contributed by atoms with Crippen LogP contribution < -0.4 is 16.2 Å². The minimum atomic E-state index is -0.349. The molecule has 1 saturated carbocycles. The van der Waals surface area contributed by atoms with Gasteiger partial charge < -0.3 is 27.0 Å². The molecule has 0 bridgehead atoms. The molecule has 0 heterocycles. The van der Waals surface area contributed by atoms with Gasteiger partial charge in [0, 0.05) is 24.2 Å². The first-order valence-corrected chi connectivity index (χ1v) is 5.01. The molecule has 0 aliphatic heterocycles. The van der Waals surface area contributed by atoms with E-state index in [1.807, 2.05) is 0 Å². The first kappa shape index (κ1) is 10.5. The molecule has 0 aromatic heterocycles. The Labute approximate surface area is 93.4 Å². The van der Waals surface area contributed by atoms with Crippen LogP contribution in [-0.2, 0) is 0 Å². The number of nitrogens with one attached hydrogen (secondary N) is 2. The highest BCUT2D eigenvalue weighted by Gasteiger charge is 2.27. The van der Waals surface area contributed by atoms with Crippen molar-refractivity contribution in [2.45, 2.75) is 18.9 Å². The minimum Gasteiger partial charge on any atom is -0.482 e. The van der Waals surface area contributed by atoms with E-state index in [4.69, 9.17) is 27.0 Å². The lowest BCUT2D eigenvalue weighted by Gasteiger charge is -2.15. The van der Waals surface area contributed by atoms with Gasteiger partial charge in [-0.15, -0.1) is 0 Å². The fourth-order valence-electron chi connectivity index (χ4n) is 1.70. The van der Waals surface area contributed by atoms with Crippen molar-refractivity contribution in [3.8, 4) is 5.75 Å². The summed E-state index contributed by atoms with van der Waals surface area (Å²) < 4.78 is 5.60. The normalized spacial score (nSPS) is 20.1. The van der Waals surface area contributed by atoms with Gasteiger partial charge in [0.05, 0.1) is 11.4 Å². The number of hydrogen-bond acceptors (Lipinski definition) is 5. The van der Waals surface area contributed by atoms with E-state index < -0.39 is 0 Å². The van der Waals surface area contributed by atoms with E-state index in [2.05, 4.69) is 0 Å². The Hall–Kier alpha value is -2.04. The Morgan fingerprint density at radius 1 is 1.25 bits per heavy atom. The van der Waals surface area contributed by atoms with E-state index in [1.54, 1.807) is 18.2 Å². The molecule has 5 heteroatoms. The summed E-state index contributed by atoms with van der Waals surface area (Å²) in [5.41, 5.74) is 13.3. The summed E-state index contributed by atoms with van der Waals surface area (Å²) >= 11 is 0. The van der Waals surface area contributed by atoms with Gasteiger partial charge in [0.2, 0.25) is 0 Å². The molecule has 1 fully saturated rings. The fraction of sp³-hybridized carbons (Fsp3) is 0.273. The van der Waals surface area contributed by atoms with Crippen molar-refractivity contribution in [3.63, 3.8) is 0 Å². The molecular weight excluding hydrogens is 204 g/mol. The van der Waals surface area contributed by atoms with Gasteiger partial charge in [-0.1, -0.05) is 0 Å². The number of anilines is 2. The van der Waals surface area contributed by atoms with E-state index in [0.717, 1.165) is 0 Å². The van der Waals surface area contributed by atoms with Gasteiger partial charge in [-0.3, -0.25) is 0 Å². The van der Waals surface area contributed by atoms with Crippen molar-refractivity contribution in [2.75, 3.05) is 11.5 Å². The van der Waals surface area contributed by atoms with Gasteiger partial charge in [-0.25, -0.2) is 0 Å². The number of benzene rings is 1. The number of nitrogen functional groups attached to an aromatic ring is 2. The standard InChI is InChI=1S/C11H14N4O/c12-6-1-2-10(8(14)3-6)16-11-5-7(13)4-9(11)15/h1-3,11,13,15H,4-5,12,14H2/t11-/m0/s1. The van der Waals surface area contributed by atoms with Crippen LogP contribution in [0.5, 0.6) is 5.75 Å². The summed E-state index contributed by atoms with van der Waals surface area (Å²) in [6, 6.07) is 5.02. The van der Waals surface area contributed by atoms with Crippen LogP contribution >= 0.6 is 0 Å². The molecule has 0 radical (unpaired) electrons. The summed E-state index contributed by atoms with van der Waals surface area (Å²) in [7, 11) is 0. The van der Waals surface area contributed by atoms with Crippen molar-refractivity contribution in [1.29, 1.82) is 10.8 Å². The zero-order valence-electron chi connectivity index (χ0n) is 8.79. The second-order valence-electron chi connectivity index (χ2n) is 3.91. The van der Waals surface area contributed by atoms with Crippen molar-refractivity contribution >= 4 is 22.8 Å². The topological polar surface area (TPSA) is 109 Å². The van der Waals surface area contributed by atoms with Gasteiger partial charge in [0.15, 0.2) is 0 Å². The summed E-state index contributed by atoms with van der Waals surface area (Å²) in [6.45, 7) is 0. The Bertz CT molecular complexity index is 455. The second-order valence-corrected chi connectivity index (χ2v) is 3.91. The molecule has 1 aliphatic rings. The summed E-state index contributed by atoms with van der Waals surface area (Å²) in [6.07, 6.45) is 0.528. The van der Waals surface area contributed by atoms with Gasteiger partial charge >= 0.3 is 0 Å². The van der Waals surface area contributed by atoms with Crippen LogP contribution in [0.15, 0.2) is 18.2 Å². The van der Waals surface area contributed by atoms with Gasteiger partial charge in [0.25, 0.3) is 0 Å². The molecule has 1 atom stereocenters. The maximum atomic E-state index is 7.67. The highest BCUT2D eigenvalue weighted by Crippen LogP contribution is 2.27. The first-order valence-electron chi connectivity index (χ1n) is 5.01. The molecule has 16 heavy (non-hydrogen) atoms. The molecule has 1 aromatic rings. The van der Waals surface area contributed by atoms with Crippen LogP contribution in [0.25, 0.3) is 0 Å². The van der Waals surface area contributed by atoms with E-state index in [-0.39, 0.29) is 6.10 Å². The van der Waals surface area contributed by atoms with Crippen molar-refractivity contribution < 1.29 is 4.74 Å². The lowest BCUT2D eigenvalue weighted by atomic mass is 10.2. The third kappa shape index (κ3) is 1.98. The summed E-state index contributed by atoms with van der Waals surface area (Å²) in [5.74, 6) is 0.527. The highest BCUT2D eigenvalue weighted by atomic mass is 16.5. The molecule has 84 valence electrons. The summed E-state index contributed by atoms with van der Waals surface area (Å²) in [5, 5.41) is 15.2. The van der Waals surface area contributed by atoms with Crippen LogP contribution in [0, 0.1) is 10.8 Å². The molecule has 1 aromatic carbocycles. The molecule has 0 saturated heterocycles. The van der Waals surface area contributed by atoms with Gasteiger partial charge in [0.1, 0.15) is 11.9 Å². The summed E-state index contributed by atoms with van der Waals surface area (Å²) in [4.78, 5) is 0. The quantitative estimate of drug-likeness (QED) is 0.564. The molecule has 0 spiro atoms. The molecule has 1 aliphatic carbocycles. The Kier molecular flexibility index (Phi) is 2.52. The minimum absolute atomic E-state index is 0.349. The third-order valence-corrected chi connectivity index (χ3v) is 2.53. The zero-order chi connectivity index (χ0) is 11.7. The van der Waals surface area contributed by atoms with E-state index in [9.17, 15) is 0 Å². The largest absolute Gasteiger partial charge is 0.482 e. The Balaban J connectivity index is 2.15. The first-order chi connectivity index (χ1) is 7.56. The predicted octanol–water partition coefficient (Wildman–Crippen LogP) is 1.43. The average Bonchev–Trinajstić information content (AvgIpc) is 2.50. The maximum absolute atomic E-state index is 7.67. The number of rotatable bonds is 2. The molecule has 5 nitrogen and oxygen atoms in total. The van der Waals surface area contributed by atoms with Gasteiger partial charge in [-0.05, 0) is 18.2 Å². The SMILES string of the molecule is N=C1CC(=N)[C@@H](Oc2ccc(N)cc2N)C1. The lowest BCUT2D eigenvalue weighted by molar-refractivity contribution is 0.280. The van der Waals surface area contributed by atoms with E-state index >= 15 is 0 Å². The Morgan fingerprint density at radius 2 is 2.00 bits per heavy atom. The smallest absolute Gasteiger partial charge is 0.143 e. The zero-order valence-corrected chi connectivity index (χ0v) is 8.79. The molecule has 6 N–H and O–H groups in total. The highest BCUT2D eigenvalue weighted by molar-refractivity contribution is 6.11. The van der Waals surface area contributed by atoms with Crippen LogP contribution in [0.1, 0.15) is 12.8 Å². The van der Waals surface area contributed by atoms with Crippen molar-refractivity contribution in [2.24, 2.45) is 0 Å². The van der Waals surface area contributed by atoms with E-state index in [0.29, 0.717) is 41.4 Å². The van der Waals surface area contributed by atoms with Crippen LogP contribution in [0.3, 0.4) is 0 Å². The van der Waals surface area contributed by atoms with Crippen LogP contribution in [-0.4, -0.2) is 17.5 Å². The van der Waals surface area contributed by atoms with Gasteiger partial charge in [-0.2, -0.15) is 0 Å². The Morgan fingerprint density at radius 3 is 2.56 bits per heavy atom. The molecular formula is C11H14N4O. The fourth-order valence-corrected chi connectivity index (χ4v) is 1.70.